The number of hydrogen-bond donors (Lipinski definition) is 2. The van der Waals surface area contributed by atoms with Crippen LogP contribution in [0, 0.1) is 6.92 Å². The van der Waals surface area contributed by atoms with Crippen molar-refractivity contribution in [3.05, 3.63) is 63.8 Å². The van der Waals surface area contributed by atoms with Crippen LogP contribution in [0.1, 0.15) is 78.5 Å². The Morgan fingerprint density at radius 1 is 0.927 bits per heavy atom. The van der Waals surface area contributed by atoms with E-state index < -0.39 is 45.4 Å². The van der Waals surface area contributed by atoms with Crippen molar-refractivity contribution in [1.82, 2.24) is 24.8 Å². The van der Waals surface area contributed by atoms with Crippen LogP contribution >= 0.6 is 23.2 Å². The fourth-order valence-electron chi connectivity index (χ4n) is 6.28. The van der Waals surface area contributed by atoms with Crippen molar-refractivity contribution in [2.45, 2.75) is 109 Å². The molecule has 2 aromatic carbocycles. The van der Waals surface area contributed by atoms with Crippen LogP contribution < -0.4 is 15.4 Å². The van der Waals surface area contributed by atoms with Crippen LogP contribution in [0.15, 0.2) is 52.4 Å². The molecule has 5 rings (SSSR count). The number of carbonyl (C=O) groups excluding carboxylic acids is 3. The number of aromatic nitrogens is 1. The first-order valence-corrected chi connectivity index (χ1v) is 20.3. The van der Waals surface area contributed by atoms with Crippen molar-refractivity contribution in [3.63, 3.8) is 0 Å². The summed E-state index contributed by atoms with van der Waals surface area (Å²) < 4.78 is 46.3. The van der Waals surface area contributed by atoms with E-state index in [9.17, 15) is 22.8 Å². The minimum absolute atomic E-state index is 0.0326. The summed E-state index contributed by atoms with van der Waals surface area (Å²) in [6.07, 6.45) is -0.0185. The summed E-state index contributed by atoms with van der Waals surface area (Å²) >= 11 is 13.3. The SMILES string of the molecule is Cc1ccc2cccc(OCc3c(Cl)ccc(S(=O)(=O)N4CCC[C@H]4C(=O)NC4CCN(C(=NC(=O)OC(C)(C)C)NC(=O)OC(C)(C)C)CC4)c3Cl)c2n1. The fourth-order valence-corrected chi connectivity index (χ4v) is 8.80. The van der Waals surface area contributed by atoms with Gasteiger partial charge >= 0.3 is 12.2 Å². The number of pyridine rings is 1. The van der Waals surface area contributed by atoms with Gasteiger partial charge in [-0.25, -0.2) is 23.0 Å². The van der Waals surface area contributed by atoms with Gasteiger partial charge in [-0.15, -0.1) is 4.99 Å². The summed E-state index contributed by atoms with van der Waals surface area (Å²) in [5.41, 5.74) is 0.166. The zero-order chi connectivity index (χ0) is 40.3. The molecule has 3 aromatic rings. The van der Waals surface area contributed by atoms with Gasteiger partial charge in [-0.3, -0.25) is 10.1 Å². The maximum absolute atomic E-state index is 14.1. The molecule has 0 radical (unpaired) electrons. The minimum Gasteiger partial charge on any atom is -0.487 e. The highest BCUT2D eigenvalue weighted by molar-refractivity contribution is 7.89. The van der Waals surface area contributed by atoms with Crippen LogP contribution in [0.25, 0.3) is 10.9 Å². The topological polar surface area (TPSA) is 169 Å². The molecule has 298 valence electrons. The van der Waals surface area contributed by atoms with Gasteiger partial charge in [-0.05, 0) is 98.4 Å². The highest BCUT2D eigenvalue weighted by Gasteiger charge is 2.41. The largest absolute Gasteiger partial charge is 0.487 e. The number of sulfonamides is 1. The van der Waals surface area contributed by atoms with Crippen molar-refractivity contribution >= 4 is 68.2 Å². The number of alkyl carbamates (subject to hydrolysis) is 1. The zero-order valence-electron chi connectivity index (χ0n) is 32.1. The standard InChI is InChI=1S/C38H48Cl2N6O8S/c1-23-13-14-24-10-8-12-29(32(24)41-23)52-22-26-27(39)15-16-30(31(26)40)55(50,51)46-19-9-11-28(46)33(47)42-25-17-20-45(21-18-25)34(43-35(48)53-37(2,3)4)44-36(49)54-38(5,6)7/h8,10,12-16,25,28H,9,11,17-22H2,1-7H3,(H,42,47)(H,43,44,48,49)/t28-/m0/s1. The van der Waals surface area contributed by atoms with E-state index in [1.54, 1.807) is 52.5 Å². The maximum atomic E-state index is 14.1. The van der Waals surface area contributed by atoms with E-state index in [1.807, 2.05) is 31.2 Å². The van der Waals surface area contributed by atoms with E-state index >= 15 is 0 Å². The number of carbonyl (C=O) groups is 3. The van der Waals surface area contributed by atoms with Gasteiger partial charge in [0.2, 0.25) is 21.9 Å². The molecule has 3 amide bonds. The van der Waals surface area contributed by atoms with E-state index in [0.29, 0.717) is 50.0 Å². The first kappa shape index (κ1) is 42.0. The molecule has 1 atom stereocenters. The van der Waals surface area contributed by atoms with E-state index in [0.717, 1.165) is 11.1 Å². The number of piperidine rings is 1. The van der Waals surface area contributed by atoms with Crippen LogP contribution in [0.2, 0.25) is 10.0 Å². The molecule has 55 heavy (non-hydrogen) atoms. The van der Waals surface area contributed by atoms with Crippen molar-refractivity contribution in [2.24, 2.45) is 4.99 Å². The lowest BCUT2D eigenvalue weighted by atomic mass is 10.0. The second-order valence-corrected chi connectivity index (χ2v) is 18.1. The molecule has 2 aliphatic heterocycles. The molecule has 2 aliphatic rings. The number of nitrogens with one attached hydrogen (secondary N) is 2. The van der Waals surface area contributed by atoms with E-state index in [4.69, 9.17) is 37.4 Å². The molecule has 0 spiro atoms. The van der Waals surface area contributed by atoms with Crippen molar-refractivity contribution in [1.29, 1.82) is 0 Å². The van der Waals surface area contributed by atoms with Gasteiger partial charge < -0.3 is 24.4 Å². The molecule has 0 bridgehead atoms. The molecular weight excluding hydrogens is 771 g/mol. The molecule has 14 nitrogen and oxygen atoms in total. The number of aryl methyl sites for hydroxylation is 1. The van der Waals surface area contributed by atoms with Crippen LogP contribution in [-0.4, -0.2) is 89.6 Å². The molecule has 3 heterocycles. The Morgan fingerprint density at radius 3 is 2.29 bits per heavy atom. The average molecular weight is 820 g/mol. The predicted molar refractivity (Wildman–Crippen MR) is 210 cm³/mol. The molecule has 2 saturated heterocycles. The number of likely N-dealkylation sites (tertiary alicyclic amines) is 1. The molecule has 2 fully saturated rings. The number of fused-ring (bicyclic) bond motifs is 1. The number of hydrogen-bond acceptors (Lipinski definition) is 9. The quantitative estimate of drug-likeness (QED) is 0.188. The summed E-state index contributed by atoms with van der Waals surface area (Å²) in [5, 5.41) is 6.60. The van der Waals surface area contributed by atoms with E-state index in [-0.39, 0.29) is 45.7 Å². The molecular formula is C38H48Cl2N6O8S. The smallest absolute Gasteiger partial charge is 0.437 e. The van der Waals surface area contributed by atoms with E-state index in [1.165, 1.54) is 16.4 Å². The highest BCUT2D eigenvalue weighted by atomic mass is 35.5. The number of benzene rings is 2. The second-order valence-electron chi connectivity index (χ2n) is 15.5. The van der Waals surface area contributed by atoms with Gasteiger partial charge in [-0.2, -0.15) is 4.31 Å². The number of halogens is 2. The Balaban J connectivity index is 1.26. The van der Waals surface area contributed by atoms with Crippen molar-refractivity contribution in [2.75, 3.05) is 19.6 Å². The number of ether oxygens (including phenoxy) is 3. The fraction of sp³-hybridized carbons (Fsp3) is 0.500. The third-order valence-electron chi connectivity index (χ3n) is 8.78. The monoisotopic (exact) mass is 818 g/mol. The van der Waals surface area contributed by atoms with Crippen LogP contribution in [0.3, 0.4) is 0 Å². The molecule has 17 heteroatoms. The first-order chi connectivity index (χ1) is 25.7. The molecule has 0 unspecified atom stereocenters. The Kier molecular flexibility index (Phi) is 12.9. The summed E-state index contributed by atoms with van der Waals surface area (Å²) in [4.78, 5) is 49.0. The number of nitrogens with zero attached hydrogens (tertiary/aromatic N) is 4. The third kappa shape index (κ3) is 10.8. The zero-order valence-corrected chi connectivity index (χ0v) is 34.4. The number of rotatable bonds is 7. The average Bonchev–Trinajstić information content (AvgIpc) is 3.58. The summed E-state index contributed by atoms with van der Waals surface area (Å²) in [5.74, 6) is 0.0332. The van der Waals surface area contributed by atoms with Gasteiger partial charge in [-0.1, -0.05) is 41.4 Å². The van der Waals surface area contributed by atoms with Gasteiger partial charge in [0, 0.05) is 47.3 Å². The number of amides is 3. The Bertz CT molecular complexity index is 2080. The molecule has 0 aliphatic carbocycles. The second kappa shape index (κ2) is 16.9. The maximum Gasteiger partial charge on any atom is 0.437 e. The van der Waals surface area contributed by atoms with Crippen molar-refractivity contribution in [3.8, 4) is 5.75 Å². The lowest BCUT2D eigenvalue weighted by Gasteiger charge is -2.35. The Hall–Kier alpha value is -4.18. The number of aliphatic imine (C=N–C) groups is 1. The Morgan fingerprint density at radius 2 is 1.62 bits per heavy atom. The van der Waals surface area contributed by atoms with Crippen LogP contribution in [0.5, 0.6) is 5.75 Å². The van der Waals surface area contributed by atoms with Gasteiger partial charge in [0.25, 0.3) is 0 Å². The minimum atomic E-state index is -4.24. The summed E-state index contributed by atoms with van der Waals surface area (Å²) in [6.45, 7) is 12.8. The van der Waals surface area contributed by atoms with Gasteiger partial charge in [0.1, 0.15) is 40.0 Å². The lowest BCUT2D eigenvalue weighted by Crippen LogP contribution is -2.54. The molecule has 2 N–H and O–H groups in total. The van der Waals surface area contributed by atoms with Crippen molar-refractivity contribution < 1.29 is 37.0 Å². The first-order valence-electron chi connectivity index (χ1n) is 18.1. The van der Waals surface area contributed by atoms with Gasteiger partial charge in [0.15, 0.2) is 0 Å². The predicted octanol–water partition coefficient (Wildman–Crippen LogP) is 6.98. The highest BCUT2D eigenvalue weighted by Crippen LogP contribution is 2.36. The van der Waals surface area contributed by atoms with Gasteiger partial charge in [0.05, 0.1) is 5.02 Å². The van der Waals surface area contributed by atoms with Crippen LogP contribution in [-0.2, 0) is 30.9 Å². The number of guanidine groups is 1. The summed E-state index contributed by atoms with van der Waals surface area (Å²) in [6, 6.07) is 10.9. The van der Waals surface area contributed by atoms with Crippen LogP contribution in [0.4, 0.5) is 9.59 Å². The summed E-state index contributed by atoms with van der Waals surface area (Å²) in [7, 11) is -4.24. The Labute approximate surface area is 331 Å². The van der Waals surface area contributed by atoms with E-state index in [2.05, 4.69) is 20.6 Å². The third-order valence-corrected chi connectivity index (χ3v) is 11.6. The molecule has 0 saturated carbocycles. The molecule has 1 aromatic heterocycles. The normalized spacial score (nSPS) is 17.6. The lowest BCUT2D eigenvalue weighted by molar-refractivity contribution is -0.125. The number of para-hydroxylation sites is 1.